The Balaban J connectivity index is 2.41. The molecule has 4 heteroatoms. The van der Waals surface area contributed by atoms with E-state index in [2.05, 4.69) is 16.4 Å². The van der Waals surface area contributed by atoms with Crippen LogP contribution in [0, 0.1) is 5.92 Å². The van der Waals surface area contributed by atoms with Gasteiger partial charge in [-0.05, 0) is 32.9 Å². The second-order valence-electron chi connectivity index (χ2n) is 5.99. The number of aromatic nitrogens is 1. The van der Waals surface area contributed by atoms with E-state index in [1.807, 2.05) is 14.1 Å². The average molecular weight is 264 g/mol. The van der Waals surface area contributed by atoms with Crippen LogP contribution in [0.5, 0.6) is 5.75 Å². The molecule has 2 atom stereocenters. The molecular formula is C15H24N2O2. The maximum absolute atomic E-state index is 11.7. The fourth-order valence-corrected chi connectivity index (χ4v) is 3.05. The van der Waals surface area contributed by atoms with Gasteiger partial charge in [-0.15, -0.1) is 0 Å². The van der Waals surface area contributed by atoms with Gasteiger partial charge in [-0.2, -0.15) is 0 Å². The first-order valence-corrected chi connectivity index (χ1v) is 7.08. The molecule has 0 amide bonds. The topological polar surface area (TPSA) is 45.5 Å². The SMILES string of the molecule is CC1CCCCC1n1cc(O)c(=O)cc1CN(C)C. The second kappa shape index (κ2) is 5.78. The van der Waals surface area contributed by atoms with Crippen LogP contribution in [0.2, 0.25) is 0 Å². The van der Waals surface area contributed by atoms with E-state index in [-0.39, 0.29) is 11.2 Å². The molecule has 1 aromatic heterocycles. The van der Waals surface area contributed by atoms with Gasteiger partial charge in [-0.25, -0.2) is 0 Å². The Morgan fingerprint density at radius 1 is 1.37 bits per heavy atom. The van der Waals surface area contributed by atoms with Crippen molar-refractivity contribution in [2.45, 2.75) is 45.2 Å². The first kappa shape index (κ1) is 14.1. The fourth-order valence-electron chi connectivity index (χ4n) is 3.05. The van der Waals surface area contributed by atoms with Crippen LogP contribution in [0.25, 0.3) is 0 Å². The van der Waals surface area contributed by atoms with E-state index in [0.29, 0.717) is 12.0 Å². The monoisotopic (exact) mass is 264 g/mol. The summed E-state index contributed by atoms with van der Waals surface area (Å²) in [4.78, 5) is 13.7. The van der Waals surface area contributed by atoms with Crippen molar-refractivity contribution in [2.24, 2.45) is 5.92 Å². The number of hydrogen-bond donors (Lipinski definition) is 1. The van der Waals surface area contributed by atoms with Crippen LogP contribution in [0.3, 0.4) is 0 Å². The highest BCUT2D eigenvalue weighted by Gasteiger charge is 2.24. The molecule has 0 spiro atoms. The summed E-state index contributed by atoms with van der Waals surface area (Å²) in [6.45, 7) is 2.98. The third kappa shape index (κ3) is 3.18. The third-order valence-electron chi connectivity index (χ3n) is 4.04. The van der Waals surface area contributed by atoms with Crippen molar-refractivity contribution >= 4 is 0 Å². The van der Waals surface area contributed by atoms with E-state index >= 15 is 0 Å². The van der Waals surface area contributed by atoms with E-state index in [9.17, 15) is 9.90 Å². The molecule has 19 heavy (non-hydrogen) atoms. The molecule has 1 aliphatic carbocycles. The summed E-state index contributed by atoms with van der Waals surface area (Å²) in [7, 11) is 3.98. The Hall–Kier alpha value is -1.29. The Morgan fingerprint density at radius 3 is 2.68 bits per heavy atom. The molecule has 0 aliphatic heterocycles. The molecule has 2 rings (SSSR count). The molecule has 1 saturated carbocycles. The van der Waals surface area contributed by atoms with E-state index in [4.69, 9.17) is 0 Å². The molecular weight excluding hydrogens is 240 g/mol. The molecule has 0 aromatic carbocycles. The Labute approximate surface area is 114 Å². The zero-order valence-electron chi connectivity index (χ0n) is 12.1. The highest BCUT2D eigenvalue weighted by Crippen LogP contribution is 2.34. The second-order valence-corrected chi connectivity index (χ2v) is 5.99. The maximum Gasteiger partial charge on any atom is 0.223 e. The Morgan fingerprint density at radius 2 is 2.05 bits per heavy atom. The number of hydrogen-bond acceptors (Lipinski definition) is 3. The number of pyridine rings is 1. The predicted octanol–water partition coefficient (Wildman–Crippen LogP) is 2.37. The van der Waals surface area contributed by atoms with Crippen LogP contribution in [0.1, 0.15) is 44.3 Å². The summed E-state index contributed by atoms with van der Waals surface area (Å²) in [5.41, 5.74) is 0.711. The van der Waals surface area contributed by atoms with Crippen molar-refractivity contribution in [1.29, 1.82) is 0 Å². The summed E-state index contributed by atoms with van der Waals surface area (Å²) in [6, 6.07) is 1.98. The van der Waals surface area contributed by atoms with Gasteiger partial charge in [-0.3, -0.25) is 4.79 Å². The van der Waals surface area contributed by atoms with Crippen LogP contribution < -0.4 is 5.43 Å². The standard InChI is InChI=1S/C15H24N2O2/c1-11-6-4-5-7-13(11)17-10-15(19)14(18)8-12(17)9-16(2)3/h8,10-11,13,19H,4-7,9H2,1-3H3. The normalized spacial score (nSPS) is 23.8. The van der Waals surface area contributed by atoms with E-state index < -0.39 is 0 Å². The molecule has 0 radical (unpaired) electrons. The molecule has 4 nitrogen and oxygen atoms in total. The minimum atomic E-state index is -0.281. The Bertz CT molecular complexity index is 493. The zero-order chi connectivity index (χ0) is 14.0. The van der Waals surface area contributed by atoms with Gasteiger partial charge in [0.05, 0.1) is 6.20 Å². The van der Waals surface area contributed by atoms with Crippen LogP contribution in [-0.4, -0.2) is 28.7 Å². The summed E-state index contributed by atoms with van der Waals surface area (Å²) in [5, 5.41) is 9.73. The highest BCUT2D eigenvalue weighted by atomic mass is 16.3. The quantitative estimate of drug-likeness (QED) is 0.911. The van der Waals surface area contributed by atoms with Gasteiger partial charge in [0.25, 0.3) is 0 Å². The van der Waals surface area contributed by atoms with Gasteiger partial charge >= 0.3 is 0 Å². The minimum Gasteiger partial charge on any atom is -0.503 e. The predicted molar refractivity (Wildman–Crippen MR) is 76.4 cm³/mol. The van der Waals surface area contributed by atoms with Gasteiger partial charge < -0.3 is 14.6 Å². The lowest BCUT2D eigenvalue weighted by atomic mass is 9.85. The number of rotatable bonds is 3. The average Bonchev–Trinajstić information content (AvgIpc) is 2.34. The van der Waals surface area contributed by atoms with Crippen molar-refractivity contribution < 1.29 is 5.11 Å². The lowest BCUT2D eigenvalue weighted by molar-refractivity contribution is 0.242. The maximum atomic E-state index is 11.7. The molecule has 0 bridgehead atoms. The Kier molecular flexibility index (Phi) is 4.30. The highest BCUT2D eigenvalue weighted by molar-refractivity contribution is 5.21. The molecule has 1 fully saturated rings. The first-order chi connectivity index (χ1) is 8.99. The number of nitrogens with zero attached hydrogens (tertiary/aromatic N) is 2. The number of aromatic hydroxyl groups is 1. The van der Waals surface area contributed by atoms with Crippen molar-refractivity contribution in [1.82, 2.24) is 9.47 Å². The van der Waals surface area contributed by atoms with Crippen molar-refractivity contribution in [3.8, 4) is 5.75 Å². The van der Waals surface area contributed by atoms with Gasteiger partial charge in [0, 0.05) is 24.3 Å². The third-order valence-corrected chi connectivity index (χ3v) is 4.04. The van der Waals surface area contributed by atoms with Crippen molar-refractivity contribution in [2.75, 3.05) is 14.1 Å². The van der Waals surface area contributed by atoms with E-state index in [0.717, 1.165) is 18.7 Å². The van der Waals surface area contributed by atoms with Crippen LogP contribution in [0.15, 0.2) is 17.1 Å². The molecule has 1 N–H and O–H groups in total. The summed E-state index contributed by atoms with van der Waals surface area (Å²) in [6.07, 6.45) is 6.49. The van der Waals surface area contributed by atoms with Crippen LogP contribution >= 0.6 is 0 Å². The van der Waals surface area contributed by atoms with Gasteiger partial charge in [0.15, 0.2) is 5.75 Å². The van der Waals surface area contributed by atoms with Crippen molar-refractivity contribution in [3.05, 3.63) is 28.2 Å². The first-order valence-electron chi connectivity index (χ1n) is 7.08. The lowest BCUT2D eigenvalue weighted by Gasteiger charge is -2.33. The van der Waals surface area contributed by atoms with Crippen molar-refractivity contribution in [3.63, 3.8) is 0 Å². The summed E-state index contributed by atoms with van der Waals surface area (Å²) in [5.74, 6) is 0.455. The molecule has 0 saturated heterocycles. The molecule has 1 aliphatic rings. The molecule has 1 aromatic rings. The van der Waals surface area contributed by atoms with Crippen LogP contribution in [0.4, 0.5) is 0 Å². The fraction of sp³-hybridized carbons (Fsp3) is 0.667. The van der Waals surface area contributed by atoms with Gasteiger partial charge in [-0.1, -0.05) is 19.8 Å². The largest absolute Gasteiger partial charge is 0.503 e. The summed E-state index contributed by atoms with van der Waals surface area (Å²) >= 11 is 0. The van der Waals surface area contributed by atoms with Gasteiger partial charge in [0.2, 0.25) is 5.43 Å². The lowest BCUT2D eigenvalue weighted by Crippen LogP contribution is -2.27. The minimum absolute atomic E-state index is 0.139. The zero-order valence-corrected chi connectivity index (χ0v) is 12.1. The molecule has 106 valence electrons. The van der Waals surface area contributed by atoms with Gasteiger partial charge in [0.1, 0.15) is 0 Å². The van der Waals surface area contributed by atoms with E-state index in [1.54, 1.807) is 12.3 Å². The molecule has 1 heterocycles. The van der Waals surface area contributed by atoms with E-state index in [1.165, 1.54) is 19.3 Å². The summed E-state index contributed by atoms with van der Waals surface area (Å²) < 4.78 is 2.13. The van der Waals surface area contributed by atoms with Crippen LogP contribution in [-0.2, 0) is 6.54 Å². The molecule has 2 unspecified atom stereocenters. The smallest absolute Gasteiger partial charge is 0.223 e.